The van der Waals surface area contributed by atoms with Crippen LogP contribution < -0.4 is 14.8 Å². The zero-order valence-electron chi connectivity index (χ0n) is 11.3. The number of nitrogens with two attached hydrogens (primary N) is 1. The van der Waals surface area contributed by atoms with Gasteiger partial charge in [-0.1, -0.05) is 31.3 Å². The lowest BCUT2D eigenvalue weighted by Gasteiger charge is -2.27. The van der Waals surface area contributed by atoms with Gasteiger partial charge in [-0.15, -0.1) is 0 Å². The normalized spacial score (nSPS) is 16.8. The second kappa shape index (κ2) is 5.97. The van der Waals surface area contributed by atoms with Crippen LogP contribution in [0.3, 0.4) is 0 Å². The summed E-state index contributed by atoms with van der Waals surface area (Å²) in [6, 6.07) is 7.12. The topological polar surface area (TPSA) is 72.6 Å². The zero-order chi connectivity index (χ0) is 14.8. The van der Waals surface area contributed by atoms with Crippen LogP contribution in [0.25, 0.3) is 0 Å². The molecule has 20 heavy (non-hydrogen) atoms. The molecule has 0 bridgehead atoms. The molecule has 1 unspecified atom stereocenters. The van der Waals surface area contributed by atoms with Crippen molar-refractivity contribution in [2.45, 2.75) is 25.0 Å². The first kappa shape index (κ1) is 15.1. The van der Waals surface area contributed by atoms with Crippen molar-refractivity contribution in [2.75, 3.05) is 17.5 Å². The lowest BCUT2D eigenvalue weighted by molar-refractivity contribution is 0.322. The van der Waals surface area contributed by atoms with Gasteiger partial charge in [0.1, 0.15) is 11.0 Å². The van der Waals surface area contributed by atoms with Gasteiger partial charge in [-0.2, -0.15) is 0 Å². The Morgan fingerprint density at radius 3 is 2.85 bits per heavy atom. The summed E-state index contributed by atoms with van der Waals surface area (Å²) in [5.41, 5.74) is 6.15. The summed E-state index contributed by atoms with van der Waals surface area (Å²) in [5.74, 6) is 0.575. The van der Waals surface area contributed by atoms with Crippen molar-refractivity contribution in [1.29, 1.82) is 0 Å². The minimum Gasteiger partial charge on any atom is -0.491 e. The van der Waals surface area contributed by atoms with Gasteiger partial charge in [0.25, 0.3) is 0 Å². The molecule has 0 aliphatic carbocycles. The monoisotopic (exact) mass is 314 g/mol. The van der Waals surface area contributed by atoms with Crippen LogP contribution in [0.5, 0.6) is 5.75 Å². The maximum atomic E-state index is 12.8. The molecule has 0 saturated heterocycles. The highest BCUT2D eigenvalue weighted by molar-refractivity contribution is 7.95. The number of hydrogen-bond donors (Lipinski definition) is 1. The number of para-hydroxylation sites is 2. The number of fused-ring (bicyclic) bond motifs is 1. The molecule has 2 rings (SSSR count). The number of rotatable bonds is 4. The zero-order valence-corrected chi connectivity index (χ0v) is 12.9. The van der Waals surface area contributed by atoms with Gasteiger partial charge in [-0.3, -0.25) is 4.31 Å². The van der Waals surface area contributed by atoms with Gasteiger partial charge < -0.3 is 10.5 Å². The Kier molecular flexibility index (Phi) is 4.49. The van der Waals surface area contributed by atoms with Crippen LogP contribution in [0, 0.1) is 0 Å². The highest BCUT2D eigenvalue weighted by atomic mass is 32.2. The van der Waals surface area contributed by atoms with Gasteiger partial charge in [0.05, 0.1) is 17.3 Å². The average molecular weight is 314 g/mol. The Bertz CT molecular complexity index is 601. The van der Waals surface area contributed by atoms with E-state index >= 15 is 0 Å². The highest BCUT2D eigenvalue weighted by Crippen LogP contribution is 2.33. The molecule has 1 aromatic carbocycles. The second-order valence-electron chi connectivity index (χ2n) is 4.59. The summed E-state index contributed by atoms with van der Waals surface area (Å²) in [6.45, 7) is 2.63. The van der Waals surface area contributed by atoms with E-state index in [1.54, 1.807) is 25.1 Å². The minimum absolute atomic E-state index is 0.00939. The maximum Gasteiger partial charge on any atom is 0.244 e. The van der Waals surface area contributed by atoms with Gasteiger partial charge in [0.2, 0.25) is 10.0 Å². The second-order valence-corrected chi connectivity index (χ2v) is 7.10. The Morgan fingerprint density at radius 1 is 1.50 bits per heavy atom. The predicted octanol–water partition coefficient (Wildman–Crippen LogP) is 1.67. The summed E-state index contributed by atoms with van der Waals surface area (Å²) in [7, 11) is -3.62. The smallest absolute Gasteiger partial charge is 0.244 e. The fraction of sp³-hybridized carbons (Fsp3) is 0.462. The van der Waals surface area contributed by atoms with E-state index in [1.807, 2.05) is 6.07 Å². The molecule has 0 aromatic heterocycles. The molecule has 0 saturated carbocycles. The molecule has 1 aliphatic heterocycles. The molecule has 0 radical (unpaired) electrons. The van der Waals surface area contributed by atoms with Crippen LogP contribution in [0.1, 0.15) is 19.8 Å². The third-order valence-corrected chi connectivity index (χ3v) is 5.99. The van der Waals surface area contributed by atoms with E-state index in [4.69, 9.17) is 22.7 Å². The van der Waals surface area contributed by atoms with Crippen molar-refractivity contribution < 1.29 is 13.2 Å². The molecule has 7 heteroatoms. The largest absolute Gasteiger partial charge is 0.491 e. The van der Waals surface area contributed by atoms with E-state index in [2.05, 4.69) is 0 Å². The third kappa shape index (κ3) is 2.73. The summed E-state index contributed by atoms with van der Waals surface area (Å²) < 4.78 is 32.5. The molecule has 1 heterocycles. The van der Waals surface area contributed by atoms with Gasteiger partial charge in [-0.25, -0.2) is 8.42 Å². The maximum absolute atomic E-state index is 12.8. The molecule has 1 aliphatic rings. The van der Waals surface area contributed by atoms with Crippen molar-refractivity contribution in [3.8, 4) is 5.75 Å². The average Bonchev–Trinajstić information content (AvgIpc) is 2.61. The highest BCUT2D eigenvalue weighted by Gasteiger charge is 2.35. The van der Waals surface area contributed by atoms with Crippen LogP contribution in [-0.2, 0) is 10.0 Å². The van der Waals surface area contributed by atoms with Gasteiger partial charge >= 0.3 is 0 Å². The summed E-state index contributed by atoms with van der Waals surface area (Å²) in [5, 5.41) is -0.844. The van der Waals surface area contributed by atoms with E-state index in [-0.39, 0.29) is 4.99 Å². The molecular formula is C13H18N2O3S2. The first-order valence-corrected chi connectivity index (χ1v) is 8.42. The summed E-state index contributed by atoms with van der Waals surface area (Å²) in [4.78, 5) is 0.00939. The van der Waals surface area contributed by atoms with Crippen molar-refractivity contribution >= 4 is 32.9 Å². The summed E-state index contributed by atoms with van der Waals surface area (Å²) in [6.07, 6.45) is 0.985. The Morgan fingerprint density at radius 2 is 2.20 bits per heavy atom. The lowest BCUT2D eigenvalue weighted by atomic mass is 10.3. The Hall–Kier alpha value is -1.34. The summed E-state index contributed by atoms with van der Waals surface area (Å²) >= 11 is 4.91. The van der Waals surface area contributed by atoms with E-state index < -0.39 is 15.3 Å². The quantitative estimate of drug-likeness (QED) is 0.856. The molecule has 2 N–H and O–H groups in total. The number of benzene rings is 1. The van der Waals surface area contributed by atoms with E-state index in [0.717, 1.165) is 0 Å². The fourth-order valence-electron chi connectivity index (χ4n) is 2.27. The van der Waals surface area contributed by atoms with Gasteiger partial charge in [0, 0.05) is 13.0 Å². The molecule has 1 aromatic rings. The molecular weight excluding hydrogens is 296 g/mol. The van der Waals surface area contributed by atoms with Crippen LogP contribution in [0.15, 0.2) is 24.3 Å². The minimum atomic E-state index is -3.62. The van der Waals surface area contributed by atoms with Crippen LogP contribution in [-0.4, -0.2) is 31.8 Å². The van der Waals surface area contributed by atoms with Crippen LogP contribution in [0.4, 0.5) is 5.69 Å². The lowest BCUT2D eigenvalue weighted by Crippen LogP contribution is -2.44. The fourth-order valence-corrected chi connectivity index (χ4v) is 4.63. The molecule has 0 fully saturated rings. The SMILES string of the molecule is CCC(C(N)=S)S(=O)(=O)N1CCCOc2ccccc21. The predicted molar refractivity (Wildman–Crippen MR) is 83.7 cm³/mol. The number of ether oxygens (including phenoxy) is 1. The van der Waals surface area contributed by atoms with Gasteiger partial charge in [0.15, 0.2) is 0 Å². The van der Waals surface area contributed by atoms with Crippen molar-refractivity contribution in [1.82, 2.24) is 0 Å². The van der Waals surface area contributed by atoms with E-state index in [1.165, 1.54) is 4.31 Å². The van der Waals surface area contributed by atoms with E-state index in [0.29, 0.717) is 37.4 Å². The number of anilines is 1. The van der Waals surface area contributed by atoms with Gasteiger partial charge in [-0.05, 0) is 18.6 Å². The number of nitrogens with zero attached hydrogens (tertiary/aromatic N) is 1. The Balaban J connectivity index is 2.48. The van der Waals surface area contributed by atoms with Crippen molar-refractivity contribution in [3.63, 3.8) is 0 Å². The Labute approximate surface area is 124 Å². The van der Waals surface area contributed by atoms with Crippen LogP contribution in [0.2, 0.25) is 0 Å². The van der Waals surface area contributed by atoms with Crippen molar-refractivity contribution in [3.05, 3.63) is 24.3 Å². The standard InChI is InChI=1S/C13H18N2O3S2/c1-2-12(13(14)19)20(16,17)15-8-5-9-18-11-7-4-3-6-10(11)15/h3-4,6-7,12H,2,5,8-9H2,1H3,(H2,14,19). The number of hydrogen-bond acceptors (Lipinski definition) is 4. The van der Waals surface area contributed by atoms with Crippen molar-refractivity contribution in [2.24, 2.45) is 5.73 Å². The molecule has 0 spiro atoms. The first-order chi connectivity index (χ1) is 9.48. The number of thiocarbonyl (C=S) groups is 1. The molecule has 1 atom stereocenters. The molecule has 5 nitrogen and oxygen atoms in total. The number of sulfonamides is 1. The van der Waals surface area contributed by atoms with E-state index in [9.17, 15) is 8.42 Å². The molecule has 0 amide bonds. The third-order valence-electron chi connectivity index (χ3n) is 3.25. The van der Waals surface area contributed by atoms with Crippen LogP contribution >= 0.6 is 12.2 Å². The first-order valence-electron chi connectivity index (χ1n) is 6.51. The molecule has 110 valence electrons.